The largest absolute Gasteiger partial charge is 0.481 e. The van der Waals surface area contributed by atoms with Gasteiger partial charge in [-0.05, 0) is 19.3 Å². The van der Waals surface area contributed by atoms with Gasteiger partial charge in [0.05, 0.1) is 6.42 Å². The van der Waals surface area contributed by atoms with Crippen molar-refractivity contribution in [1.29, 1.82) is 0 Å². The second kappa shape index (κ2) is 10.2. The topological polar surface area (TPSA) is 74.6 Å². The van der Waals surface area contributed by atoms with Gasteiger partial charge in [-0.25, -0.2) is 0 Å². The number of carboxylic acid groups (broad SMARTS) is 2. The summed E-state index contributed by atoms with van der Waals surface area (Å²) in [5.41, 5.74) is 0. The van der Waals surface area contributed by atoms with Crippen molar-refractivity contribution in [2.24, 2.45) is 0 Å². The van der Waals surface area contributed by atoms with E-state index >= 15 is 0 Å². The van der Waals surface area contributed by atoms with Gasteiger partial charge < -0.3 is 10.2 Å². The van der Waals surface area contributed by atoms with Crippen molar-refractivity contribution >= 4 is 11.9 Å². The molecule has 91 valence electrons. The highest BCUT2D eigenvalue weighted by molar-refractivity contribution is 5.79. The van der Waals surface area contributed by atoms with Gasteiger partial charge in [0.2, 0.25) is 0 Å². The Morgan fingerprint density at radius 1 is 0.938 bits per heavy atom. The lowest BCUT2D eigenvalue weighted by atomic mass is 10.1. The van der Waals surface area contributed by atoms with Crippen molar-refractivity contribution in [1.82, 2.24) is 0 Å². The Balaban J connectivity index is 3.12. The van der Waals surface area contributed by atoms with E-state index in [1.165, 1.54) is 0 Å². The first-order valence-corrected chi connectivity index (χ1v) is 5.57. The molecule has 0 aliphatic heterocycles. The van der Waals surface area contributed by atoms with E-state index in [0.29, 0.717) is 0 Å². The van der Waals surface area contributed by atoms with Gasteiger partial charge in [-0.15, -0.1) is 0 Å². The number of aliphatic carboxylic acids is 2. The lowest BCUT2D eigenvalue weighted by Gasteiger charge is -1.97. The first kappa shape index (κ1) is 14.7. The molecule has 4 heteroatoms. The van der Waals surface area contributed by atoms with Gasteiger partial charge in [0.25, 0.3) is 0 Å². The van der Waals surface area contributed by atoms with E-state index in [-0.39, 0.29) is 6.42 Å². The molecule has 0 saturated heterocycles. The van der Waals surface area contributed by atoms with Crippen molar-refractivity contribution in [3.63, 3.8) is 0 Å². The van der Waals surface area contributed by atoms with Crippen LogP contribution >= 0.6 is 0 Å². The highest BCUT2D eigenvalue weighted by atomic mass is 16.4. The lowest BCUT2D eigenvalue weighted by molar-refractivity contribution is -0.137. The number of unbranched alkanes of at least 4 members (excludes halogenated alkanes) is 5. The molecule has 4 nitrogen and oxygen atoms in total. The second-order valence-corrected chi connectivity index (χ2v) is 3.63. The Bertz CT molecular complexity index is 233. The van der Waals surface area contributed by atoms with Crippen LogP contribution in [0.1, 0.15) is 44.9 Å². The van der Waals surface area contributed by atoms with Gasteiger partial charge in [-0.1, -0.05) is 31.4 Å². The Hall–Kier alpha value is -1.32. The van der Waals surface area contributed by atoms with Gasteiger partial charge in [0.15, 0.2) is 0 Å². The van der Waals surface area contributed by atoms with Crippen molar-refractivity contribution in [3.05, 3.63) is 18.6 Å². The van der Waals surface area contributed by atoms with E-state index in [0.717, 1.165) is 44.9 Å². The summed E-state index contributed by atoms with van der Waals surface area (Å²) in [6.07, 6.45) is 10.5. The fourth-order valence-corrected chi connectivity index (χ4v) is 1.32. The van der Waals surface area contributed by atoms with Gasteiger partial charge in [-0.2, -0.15) is 0 Å². The number of hydrogen-bond acceptors (Lipinski definition) is 2. The molecule has 1 radical (unpaired) electrons. The molecule has 0 atom stereocenters. The predicted molar refractivity (Wildman–Crippen MR) is 61.0 cm³/mol. The van der Waals surface area contributed by atoms with E-state index in [1.54, 1.807) is 6.08 Å². The summed E-state index contributed by atoms with van der Waals surface area (Å²) in [6, 6.07) is 0. The van der Waals surface area contributed by atoms with E-state index in [2.05, 4.69) is 0 Å². The molecule has 0 bridgehead atoms. The monoisotopic (exact) mass is 227 g/mol. The van der Waals surface area contributed by atoms with Crippen LogP contribution in [0.3, 0.4) is 0 Å². The molecule has 0 amide bonds. The molecule has 0 saturated carbocycles. The van der Waals surface area contributed by atoms with E-state index in [9.17, 15) is 9.59 Å². The summed E-state index contributed by atoms with van der Waals surface area (Å²) in [7, 11) is 0. The molecule has 0 rings (SSSR count). The minimum absolute atomic E-state index is 0.257. The van der Waals surface area contributed by atoms with Crippen molar-refractivity contribution in [2.45, 2.75) is 44.9 Å². The molecule has 0 aromatic rings. The Labute approximate surface area is 96.0 Å². The van der Waals surface area contributed by atoms with Crippen LogP contribution in [0.25, 0.3) is 0 Å². The van der Waals surface area contributed by atoms with E-state index < -0.39 is 11.9 Å². The standard InChI is InChI=1S/C12H19O4/c13-11(14)9-7-5-3-1-2-4-6-8-10-12(15)16/h5,7,9H,1-4,6,8,10H2,(H,13,14)(H,15,16)/b7-5+. The Morgan fingerprint density at radius 2 is 1.56 bits per heavy atom. The zero-order valence-electron chi connectivity index (χ0n) is 9.39. The van der Waals surface area contributed by atoms with Gasteiger partial charge >= 0.3 is 11.9 Å². The molecule has 0 aromatic carbocycles. The van der Waals surface area contributed by atoms with Crippen LogP contribution in [0, 0.1) is 6.42 Å². The van der Waals surface area contributed by atoms with E-state index in [1.807, 2.05) is 6.08 Å². The predicted octanol–water partition coefficient (Wildman–Crippen LogP) is 2.65. The zero-order chi connectivity index (χ0) is 12.2. The molecule has 0 spiro atoms. The third kappa shape index (κ3) is 12.7. The Morgan fingerprint density at radius 3 is 2.19 bits per heavy atom. The fourth-order valence-electron chi connectivity index (χ4n) is 1.32. The maximum atomic E-state index is 10.2. The molecular formula is C12H19O4. The Kier molecular flexibility index (Phi) is 9.36. The first-order chi connectivity index (χ1) is 7.63. The van der Waals surface area contributed by atoms with Crippen LogP contribution in [0.5, 0.6) is 0 Å². The number of rotatable bonds is 10. The number of carbonyl (C=O) groups is 2. The van der Waals surface area contributed by atoms with Crippen molar-refractivity contribution in [3.8, 4) is 0 Å². The number of allylic oxidation sites excluding steroid dienone is 1. The molecular weight excluding hydrogens is 208 g/mol. The second-order valence-electron chi connectivity index (χ2n) is 3.63. The average Bonchev–Trinajstić information content (AvgIpc) is 2.20. The van der Waals surface area contributed by atoms with Crippen molar-refractivity contribution in [2.75, 3.05) is 0 Å². The number of carboxylic acids is 2. The average molecular weight is 227 g/mol. The third-order valence-corrected chi connectivity index (χ3v) is 2.14. The highest BCUT2D eigenvalue weighted by Gasteiger charge is 1.96. The summed E-state index contributed by atoms with van der Waals surface area (Å²) in [5.74, 6) is -1.66. The maximum Gasteiger partial charge on any atom is 0.311 e. The lowest BCUT2D eigenvalue weighted by Crippen LogP contribution is -1.93. The number of hydrogen-bond donors (Lipinski definition) is 2. The molecule has 0 fully saturated rings. The smallest absolute Gasteiger partial charge is 0.311 e. The quantitative estimate of drug-likeness (QED) is 0.562. The van der Waals surface area contributed by atoms with Gasteiger partial charge in [-0.3, -0.25) is 9.59 Å². The van der Waals surface area contributed by atoms with Crippen LogP contribution in [0.15, 0.2) is 12.2 Å². The van der Waals surface area contributed by atoms with Crippen LogP contribution in [-0.4, -0.2) is 22.2 Å². The third-order valence-electron chi connectivity index (χ3n) is 2.14. The maximum absolute atomic E-state index is 10.2. The fraction of sp³-hybridized carbons (Fsp3) is 0.583. The molecule has 0 aliphatic carbocycles. The summed E-state index contributed by atoms with van der Waals surface area (Å²) in [6.45, 7) is 0. The van der Waals surface area contributed by atoms with Crippen molar-refractivity contribution < 1.29 is 19.8 Å². The SMILES string of the molecule is O=C(O)[CH]/C=C/CCCCCCCC(=O)O. The van der Waals surface area contributed by atoms with Crippen LogP contribution < -0.4 is 0 Å². The summed E-state index contributed by atoms with van der Waals surface area (Å²) >= 11 is 0. The highest BCUT2D eigenvalue weighted by Crippen LogP contribution is 2.07. The normalized spacial score (nSPS) is 10.8. The molecule has 0 unspecified atom stereocenters. The molecule has 0 aliphatic rings. The van der Waals surface area contributed by atoms with Crippen LogP contribution in [0.2, 0.25) is 0 Å². The van der Waals surface area contributed by atoms with Crippen LogP contribution in [-0.2, 0) is 9.59 Å². The minimum atomic E-state index is -0.926. The van der Waals surface area contributed by atoms with Gasteiger partial charge in [0.1, 0.15) is 0 Å². The molecule has 0 aromatic heterocycles. The first-order valence-electron chi connectivity index (χ1n) is 5.57. The molecule has 2 N–H and O–H groups in total. The summed E-state index contributed by atoms with van der Waals surface area (Å²) < 4.78 is 0. The minimum Gasteiger partial charge on any atom is -0.481 e. The summed E-state index contributed by atoms with van der Waals surface area (Å²) in [5, 5.41) is 16.7. The zero-order valence-corrected chi connectivity index (χ0v) is 9.39. The van der Waals surface area contributed by atoms with E-state index in [4.69, 9.17) is 10.2 Å². The summed E-state index contributed by atoms with van der Waals surface area (Å²) in [4.78, 5) is 20.3. The van der Waals surface area contributed by atoms with Gasteiger partial charge in [0, 0.05) is 6.42 Å². The molecule has 16 heavy (non-hydrogen) atoms. The molecule has 0 heterocycles. The van der Waals surface area contributed by atoms with Crippen LogP contribution in [0.4, 0.5) is 0 Å².